The second-order valence-electron chi connectivity index (χ2n) is 6.87. The summed E-state index contributed by atoms with van der Waals surface area (Å²) in [6, 6.07) is 6.99. The first kappa shape index (κ1) is 23.2. The molecule has 1 atom stereocenters. The van der Waals surface area contributed by atoms with Crippen molar-refractivity contribution < 1.29 is 32.2 Å². The Morgan fingerprint density at radius 3 is 2.50 bits per heavy atom. The summed E-state index contributed by atoms with van der Waals surface area (Å²) in [5.41, 5.74) is 2.26. The molecule has 0 radical (unpaired) electrons. The number of aromatic nitrogens is 1. The van der Waals surface area contributed by atoms with Crippen molar-refractivity contribution in [3.63, 3.8) is 0 Å². The van der Waals surface area contributed by atoms with Crippen LogP contribution in [0.25, 0.3) is 0 Å². The number of Topliss-reactive ketones (excluding diaryl/α,β-unsaturated/α-hetero) is 1. The molecule has 2 rings (SSSR count). The molecule has 30 heavy (non-hydrogen) atoms. The van der Waals surface area contributed by atoms with E-state index in [1.165, 1.54) is 32.2 Å². The van der Waals surface area contributed by atoms with E-state index in [4.69, 9.17) is 4.74 Å². The number of ketones is 1. The second kappa shape index (κ2) is 9.60. The highest BCUT2D eigenvalue weighted by atomic mass is 19.4. The Morgan fingerprint density at radius 1 is 1.20 bits per heavy atom. The third-order valence-electron chi connectivity index (χ3n) is 4.13. The van der Waals surface area contributed by atoms with E-state index in [2.05, 4.69) is 15.0 Å². The van der Waals surface area contributed by atoms with Crippen LogP contribution in [0.3, 0.4) is 0 Å². The van der Waals surface area contributed by atoms with Gasteiger partial charge in [-0.2, -0.15) is 13.2 Å². The molecule has 2 aromatic rings. The number of amides is 1. The van der Waals surface area contributed by atoms with Gasteiger partial charge in [-0.25, -0.2) is 0 Å². The summed E-state index contributed by atoms with van der Waals surface area (Å²) >= 11 is 0. The van der Waals surface area contributed by atoms with Crippen molar-refractivity contribution in [1.29, 1.82) is 0 Å². The van der Waals surface area contributed by atoms with Crippen LogP contribution in [0, 0.1) is 6.92 Å². The number of aryl methyl sites for hydroxylation is 1. The Kier molecular flexibility index (Phi) is 7.42. The lowest BCUT2D eigenvalue weighted by molar-refractivity contribution is -0.153. The molecular formula is C21H23F3N2O4. The average Bonchev–Trinajstić information content (AvgIpc) is 2.64. The molecule has 1 amide bonds. The summed E-state index contributed by atoms with van der Waals surface area (Å²) in [6.07, 6.45) is -4.27. The smallest absolute Gasteiger partial charge is 0.422 e. The lowest BCUT2D eigenvalue weighted by Gasteiger charge is -2.17. The summed E-state index contributed by atoms with van der Waals surface area (Å²) < 4.78 is 46.8. The fourth-order valence-corrected chi connectivity index (χ4v) is 2.83. The number of halogens is 3. The lowest BCUT2D eigenvalue weighted by Crippen LogP contribution is -2.27. The summed E-state index contributed by atoms with van der Waals surface area (Å²) in [5, 5.41) is 2.82. The number of carbonyl (C=O) groups excluding carboxylic acids is 2. The summed E-state index contributed by atoms with van der Waals surface area (Å²) in [4.78, 5) is 28.4. The maximum absolute atomic E-state index is 12.7. The van der Waals surface area contributed by atoms with Crippen molar-refractivity contribution in [3.8, 4) is 11.5 Å². The van der Waals surface area contributed by atoms with Gasteiger partial charge in [0.2, 0.25) is 0 Å². The third-order valence-corrected chi connectivity index (χ3v) is 4.13. The van der Waals surface area contributed by atoms with Gasteiger partial charge in [-0.1, -0.05) is 0 Å². The molecule has 1 aromatic carbocycles. The molecule has 1 unspecified atom stereocenters. The summed E-state index contributed by atoms with van der Waals surface area (Å²) in [5.74, 6) is -0.465. The SMILES string of the molecule is COc1cc(OCC(F)(F)F)ccc1C(=O)NC(C)c1cc(C)nc(CC(C)=O)c1. The van der Waals surface area contributed by atoms with Crippen LogP contribution in [0.5, 0.6) is 11.5 Å². The third kappa shape index (κ3) is 6.75. The molecule has 6 nitrogen and oxygen atoms in total. The normalized spacial score (nSPS) is 12.2. The number of ether oxygens (including phenoxy) is 2. The first-order chi connectivity index (χ1) is 14.0. The van der Waals surface area contributed by atoms with E-state index in [0.29, 0.717) is 11.4 Å². The van der Waals surface area contributed by atoms with Crippen molar-refractivity contribution in [2.24, 2.45) is 0 Å². The van der Waals surface area contributed by atoms with Crippen molar-refractivity contribution in [2.45, 2.75) is 39.4 Å². The highest BCUT2D eigenvalue weighted by Gasteiger charge is 2.28. The molecule has 162 valence electrons. The van der Waals surface area contributed by atoms with Crippen LogP contribution in [0.15, 0.2) is 30.3 Å². The predicted molar refractivity (Wildman–Crippen MR) is 104 cm³/mol. The van der Waals surface area contributed by atoms with E-state index in [9.17, 15) is 22.8 Å². The largest absolute Gasteiger partial charge is 0.496 e. The van der Waals surface area contributed by atoms with Crippen molar-refractivity contribution in [2.75, 3.05) is 13.7 Å². The monoisotopic (exact) mass is 424 g/mol. The fourth-order valence-electron chi connectivity index (χ4n) is 2.83. The van der Waals surface area contributed by atoms with E-state index < -0.39 is 24.7 Å². The fraction of sp³-hybridized carbons (Fsp3) is 0.381. The van der Waals surface area contributed by atoms with Gasteiger partial charge in [0.1, 0.15) is 17.3 Å². The number of nitrogens with zero attached hydrogens (tertiary/aromatic N) is 1. The van der Waals surface area contributed by atoms with Gasteiger partial charge >= 0.3 is 6.18 Å². The van der Waals surface area contributed by atoms with Crippen LogP contribution in [-0.4, -0.2) is 36.6 Å². The number of rotatable bonds is 8. The van der Waals surface area contributed by atoms with Crippen LogP contribution in [-0.2, 0) is 11.2 Å². The van der Waals surface area contributed by atoms with Gasteiger partial charge in [0.05, 0.1) is 18.7 Å². The van der Waals surface area contributed by atoms with Gasteiger partial charge in [-0.15, -0.1) is 0 Å². The minimum Gasteiger partial charge on any atom is -0.496 e. The Hall–Kier alpha value is -3.10. The predicted octanol–water partition coefficient (Wildman–Crippen LogP) is 3.96. The van der Waals surface area contributed by atoms with Gasteiger partial charge in [0.15, 0.2) is 6.61 Å². The zero-order chi connectivity index (χ0) is 22.5. The number of hydrogen-bond donors (Lipinski definition) is 1. The molecular weight excluding hydrogens is 401 g/mol. The van der Waals surface area contributed by atoms with Crippen molar-refractivity contribution in [1.82, 2.24) is 10.3 Å². The first-order valence-corrected chi connectivity index (χ1v) is 9.14. The molecule has 0 saturated heterocycles. The quantitative estimate of drug-likeness (QED) is 0.694. The van der Waals surface area contributed by atoms with E-state index >= 15 is 0 Å². The van der Waals surface area contributed by atoms with Crippen molar-refractivity contribution >= 4 is 11.7 Å². The average molecular weight is 424 g/mol. The number of methoxy groups -OCH3 is 1. The Bertz CT molecular complexity index is 929. The lowest BCUT2D eigenvalue weighted by atomic mass is 10.0. The number of hydrogen-bond acceptors (Lipinski definition) is 5. The number of pyridine rings is 1. The first-order valence-electron chi connectivity index (χ1n) is 9.14. The molecule has 0 fully saturated rings. The minimum atomic E-state index is -4.47. The molecule has 0 bridgehead atoms. The number of nitrogens with one attached hydrogen (secondary N) is 1. The Labute approximate surface area is 172 Å². The molecule has 0 aliphatic carbocycles. The van der Waals surface area contributed by atoms with Crippen molar-refractivity contribution in [3.05, 3.63) is 52.8 Å². The van der Waals surface area contributed by atoms with Crippen LogP contribution in [0.2, 0.25) is 0 Å². The van der Waals surface area contributed by atoms with Crippen LogP contribution in [0.4, 0.5) is 13.2 Å². The minimum absolute atomic E-state index is 0.0201. The van der Waals surface area contributed by atoms with Crippen LogP contribution >= 0.6 is 0 Å². The standard InChI is InChI=1S/C21H23F3N2O4/c1-12-7-15(9-16(25-12)8-13(2)27)14(3)26-20(28)18-6-5-17(10-19(18)29-4)30-11-21(22,23)24/h5-7,9-10,14H,8,11H2,1-4H3,(H,26,28). The highest BCUT2D eigenvalue weighted by Crippen LogP contribution is 2.27. The van der Waals surface area contributed by atoms with Gasteiger partial charge in [0, 0.05) is 23.9 Å². The molecule has 0 aliphatic rings. The molecule has 1 N–H and O–H groups in total. The molecule has 0 saturated carbocycles. The topological polar surface area (TPSA) is 77.5 Å². The molecule has 0 spiro atoms. The zero-order valence-corrected chi connectivity index (χ0v) is 17.1. The van der Waals surface area contributed by atoms with E-state index in [-0.39, 0.29) is 29.3 Å². The van der Waals surface area contributed by atoms with Gasteiger partial charge in [-0.05, 0) is 50.6 Å². The number of alkyl halides is 3. The Balaban J connectivity index is 2.17. The number of benzene rings is 1. The van der Waals surface area contributed by atoms with Gasteiger partial charge < -0.3 is 14.8 Å². The maximum Gasteiger partial charge on any atom is 0.422 e. The zero-order valence-electron chi connectivity index (χ0n) is 17.1. The van der Waals surface area contributed by atoms with E-state index in [1.54, 1.807) is 26.0 Å². The number of carbonyl (C=O) groups is 2. The summed E-state index contributed by atoms with van der Waals surface area (Å²) in [6.45, 7) is 3.61. The van der Waals surface area contributed by atoms with E-state index in [0.717, 1.165) is 5.56 Å². The molecule has 1 heterocycles. The van der Waals surface area contributed by atoms with E-state index in [1.807, 2.05) is 0 Å². The van der Waals surface area contributed by atoms with Crippen LogP contribution in [0.1, 0.15) is 47.2 Å². The van der Waals surface area contributed by atoms with Gasteiger partial charge in [-0.3, -0.25) is 14.6 Å². The summed E-state index contributed by atoms with van der Waals surface area (Å²) in [7, 11) is 1.31. The molecule has 0 aliphatic heterocycles. The van der Waals surface area contributed by atoms with Crippen LogP contribution < -0.4 is 14.8 Å². The highest BCUT2D eigenvalue weighted by molar-refractivity contribution is 5.97. The molecule has 1 aromatic heterocycles. The maximum atomic E-state index is 12.7. The second-order valence-corrected chi connectivity index (χ2v) is 6.87. The van der Waals surface area contributed by atoms with Gasteiger partial charge in [0.25, 0.3) is 5.91 Å². The Morgan fingerprint density at radius 2 is 1.90 bits per heavy atom. The molecule has 9 heteroatoms.